The molecule has 2 atom stereocenters. The van der Waals surface area contributed by atoms with Crippen molar-refractivity contribution in [1.29, 1.82) is 0 Å². The molecular weight excluding hydrogens is 390 g/mol. The Morgan fingerprint density at radius 2 is 2.21 bits per heavy atom. The zero-order chi connectivity index (χ0) is 20.5. The van der Waals surface area contributed by atoms with Gasteiger partial charge in [0, 0.05) is 30.1 Å². The number of rotatable bonds is 6. The van der Waals surface area contributed by atoms with E-state index >= 15 is 0 Å². The number of hydrogen-bond acceptors (Lipinski definition) is 5. The van der Waals surface area contributed by atoms with E-state index in [1.807, 2.05) is 17.4 Å². The highest BCUT2D eigenvalue weighted by Gasteiger charge is 2.44. The van der Waals surface area contributed by atoms with E-state index in [-0.39, 0.29) is 29.9 Å². The van der Waals surface area contributed by atoms with Gasteiger partial charge in [0.25, 0.3) is 0 Å². The number of carbonyl (C=O) groups excluding carboxylic acids is 1. The molecule has 2 aromatic heterocycles. The Labute approximate surface area is 172 Å². The minimum Gasteiger partial charge on any atom is -0.445 e. The lowest BCUT2D eigenvalue weighted by Crippen LogP contribution is -2.44. The molecule has 0 spiro atoms. The maximum absolute atomic E-state index is 12.7. The number of fused-ring (bicyclic) bond motifs is 1. The Morgan fingerprint density at radius 1 is 1.46 bits per heavy atom. The summed E-state index contributed by atoms with van der Waals surface area (Å²) < 4.78 is 14.1. The summed E-state index contributed by atoms with van der Waals surface area (Å²) in [6, 6.07) is 0.0484. The number of imidazole rings is 1. The average Bonchev–Trinajstić information content (AvgIpc) is 3.29. The number of aromatic nitrogens is 2. The van der Waals surface area contributed by atoms with Crippen LogP contribution in [0.15, 0.2) is 30.6 Å². The zero-order valence-corrected chi connectivity index (χ0v) is 19.3. The van der Waals surface area contributed by atoms with Crippen LogP contribution in [0.4, 0.5) is 4.79 Å². The molecular formula is C20H31N3O3SSi. The van der Waals surface area contributed by atoms with Crippen LogP contribution in [0.25, 0.3) is 4.83 Å². The van der Waals surface area contributed by atoms with Gasteiger partial charge in [-0.3, -0.25) is 4.40 Å². The van der Waals surface area contributed by atoms with E-state index in [0.717, 1.165) is 23.4 Å². The number of likely N-dealkylation sites (tertiary alicyclic amines) is 1. The summed E-state index contributed by atoms with van der Waals surface area (Å²) in [5, 5.41) is 2.28. The highest BCUT2D eigenvalue weighted by molar-refractivity contribution is 7.15. The molecule has 1 fully saturated rings. The van der Waals surface area contributed by atoms with Gasteiger partial charge in [-0.1, -0.05) is 33.4 Å². The van der Waals surface area contributed by atoms with Crippen molar-refractivity contribution in [3.63, 3.8) is 0 Å². The van der Waals surface area contributed by atoms with Gasteiger partial charge >= 0.3 is 6.09 Å². The Kier molecular flexibility index (Phi) is 6.02. The third-order valence-electron chi connectivity index (χ3n) is 5.88. The van der Waals surface area contributed by atoms with E-state index in [1.54, 1.807) is 17.4 Å². The fourth-order valence-electron chi connectivity index (χ4n) is 3.34. The first-order chi connectivity index (χ1) is 13.1. The van der Waals surface area contributed by atoms with E-state index in [1.165, 1.54) is 0 Å². The van der Waals surface area contributed by atoms with Crippen LogP contribution >= 0.6 is 11.3 Å². The lowest BCUT2D eigenvalue weighted by Gasteiger charge is -2.38. The van der Waals surface area contributed by atoms with Crippen LogP contribution in [0, 0.1) is 0 Å². The largest absolute Gasteiger partial charge is 0.445 e. The second-order valence-corrected chi connectivity index (χ2v) is 14.6. The summed E-state index contributed by atoms with van der Waals surface area (Å²) in [5.74, 6) is 0. The molecule has 0 radical (unpaired) electrons. The van der Waals surface area contributed by atoms with Crippen LogP contribution in [-0.2, 0) is 15.6 Å². The topological polar surface area (TPSA) is 56.1 Å². The van der Waals surface area contributed by atoms with Crippen molar-refractivity contribution in [2.45, 2.75) is 63.9 Å². The maximum atomic E-state index is 12.7. The van der Waals surface area contributed by atoms with Crippen molar-refractivity contribution in [1.82, 2.24) is 14.3 Å². The standard InChI is InChI=1S/C20H31N3O3SSi/c1-7-8-25-19(24)22-12-17(26-28(5,6)20(2,3)4)10-15(22)9-16-13-27-18-11-21-14-23(16)18/h7,11,13-15,17H,1,8-10,12H2,2-6H3/t15-,17-/m1/s1. The first-order valence-corrected chi connectivity index (χ1v) is 13.5. The third-order valence-corrected chi connectivity index (χ3v) is 11.3. The number of carbonyl (C=O) groups is 1. The monoisotopic (exact) mass is 421 g/mol. The van der Waals surface area contributed by atoms with Crippen molar-refractivity contribution in [3.05, 3.63) is 36.3 Å². The molecule has 8 heteroatoms. The van der Waals surface area contributed by atoms with Gasteiger partial charge in [-0.15, -0.1) is 11.3 Å². The second kappa shape index (κ2) is 8.00. The molecule has 1 amide bonds. The summed E-state index contributed by atoms with van der Waals surface area (Å²) in [6.07, 6.45) is 6.63. The minimum atomic E-state index is -1.91. The van der Waals surface area contributed by atoms with Gasteiger partial charge in [-0.25, -0.2) is 9.78 Å². The van der Waals surface area contributed by atoms with Gasteiger partial charge < -0.3 is 14.1 Å². The second-order valence-electron chi connectivity index (χ2n) is 8.94. The number of amides is 1. The predicted molar refractivity (Wildman–Crippen MR) is 115 cm³/mol. The third kappa shape index (κ3) is 4.34. The minimum absolute atomic E-state index is 0.0408. The van der Waals surface area contributed by atoms with Gasteiger partial charge in [0.05, 0.1) is 12.3 Å². The number of thiazole rings is 1. The van der Waals surface area contributed by atoms with Crippen molar-refractivity contribution < 1.29 is 14.0 Å². The molecule has 3 heterocycles. The molecule has 0 N–H and O–H groups in total. The molecule has 2 aromatic rings. The molecule has 0 aromatic carbocycles. The van der Waals surface area contributed by atoms with Crippen molar-refractivity contribution in [2.24, 2.45) is 0 Å². The lowest BCUT2D eigenvalue weighted by atomic mass is 10.1. The van der Waals surface area contributed by atoms with Crippen LogP contribution in [-0.4, -0.2) is 54.0 Å². The summed E-state index contributed by atoms with van der Waals surface area (Å²) in [5.41, 5.74) is 1.16. The molecule has 0 unspecified atom stereocenters. The molecule has 1 saturated heterocycles. The lowest BCUT2D eigenvalue weighted by molar-refractivity contribution is 0.103. The van der Waals surface area contributed by atoms with Crippen LogP contribution < -0.4 is 0 Å². The molecule has 0 saturated carbocycles. The molecule has 1 aliphatic heterocycles. The zero-order valence-electron chi connectivity index (χ0n) is 17.5. The molecule has 1 aliphatic rings. The Bertz CT molecular complexity index is 839. The summed E-state index contributed by atoms with van der Waals surface area (Å²) in [7, 11) is -1.91. The highest BCUT2D eigenvalue weighted by Crippen LogP contribution is 2.39. The molecule has 0 aliphatic carbocycles. The number of nitrogens with zero attached hydrogens (tertiary/aromatic N) is 3. The van der Waals surface area contributed by atoms with E-state index in [0.29, 0.717) is 6.54 Å². The van der Waals surface area contributed by atoms with Gasteiger partial charge in [-0.2, -0.15) is 0 Å². The Hall–Kier alpha value is -1.64. The van der Waals surface area contributed by atoms with Gasteiger partial charge in [0.15, 0.2) is 8.32 Å². The first-order valence-electron chi connectivity index (χ1n) is 9.73. The van der Waals surface area contributed by atoms with Crippen LogP contribution in [0.2, 0.25) is 18.1 Å². The molecule has 6 nitrogen and oxygen atoms in total. The number of ether oxygens (including phenoxy) is 1. The SMILES string of the molecule is C=CCOC(=O)N1C[C@H](O[Si](C)(C)C(C)(C)C)C[C@H]1Cc1csc2cncn12. The van der Waals surface area contributed by atoms with Gasteiger partial charge in [-0.05, 0) is 24.6 Å². The average molecular weight is 422 g/mol. The molecule has 3 rings (SSSR count). The summed E-state index contributed by atoms with van der Waals surface area (Å²) in [6.45, 7) is 15.7. The number of hydrogen-bond donors (Lipinski definition) is 0. The quantitative estimate of drug-likeness (QED) is 0.500. The predicted octanol–water partition coefficient (Wildman–Crippen LogP) is 4.73. The smallest absolute Gasteiger partial charge is 0.410 e. The molecule has 0 bridgehead atoms. The highest BCUT2D eigenvalue weighted by atomic mass is 32.1. The summed E-state index contributed by atoms with van der Waals surface area (Å²) >= 11 is 1.67. The van der Waals surface area contributed by atoms with Crippen molar-refractivity contribution in [2.75, 3.05) is 13.2 Å². The van der Waals surface area contributed by atoms with E-state index < -0.39 is 8.32 Å². The normalized spacial score (nSPS) is 20.7. The van der Waals surface area contributed by atoms with E-state index in [2.05, 4.69) is 55.2 Å². The summed E-state index contributed by atoms with van der Waals surface area (Å²) in [4.78, 5) is 19.8. The van der Waals surface area contributed by atoms with Gasteiger partial charge in [0.1, 0.15) is 17.8 Å². The molecule has 28 heavy (non-hydrogen) atoms. The Morgan fingerprint density at radius 3 is 2.89 bits per heavy atom. The molecule has 154 valence electrons. The maximum Gasteiger partial charge on any atom is 0.410 e. The van der Waals surface area contributed by atoms with E-state index in [4.69, 9.17) is 9.16 Å². The van der Waals surface area contributed by atoms with Crippen LogP contribution in [0.5, 0.6) is 0 Å². The Balaban J connectivity index is 1.77. The van der Waals surface area contributed by atoms with Crippen LogP contribution in [0.3, 0.4) is 0 Å². The fourth-order valence-corrected chi connectivity index (χ4v) is 5.57. The van der Waals surface area contributed by atoms with Crippen molar-refractivity contribution >= 4 is 30.6 Å². The van der Waals surface area contributed by atoms with Crippen molar-refractivity contribution in [3.8, 4) is 0 Å². The van der Waals surface area contributed by atoms with E-state index in [9.17, 15) is 4.79 Å². The fraction of sp³-hybridized carbons (Fsp3) is 0.600. The first kappa shape index (κ1) is 21.1. The van der Waals surface area contributed by atoms with Crippen LogP contribution in [0.1, 0.15) is 32.9 Å². The van der Waals surface area contributed by atoms with Gasteiger partial charge in [0.2, 0.25) is 0 Å².